The van der Waals surface area contributed by atoms with Crippen molar-refractivity contribution in [3.8, 4) is 0 Å². The summed E-state index contributed by atoms with van der Waals surface area (Å²) >= 11 is 0. The van der Waals surface area contributed by atoms with Gasteiger partial charge in [-0.2, -0.15) is 4.89 Å². The van der Waals surface area contributed by atoms with Gasteiger partial charge >= 0.3 is 5.97 Å². The third kappa shape index (κ3) is 6.31. The number of carbonyl (C=O) groups is 1. The van der Waals surface area contributed by atoms with E-state index in [1.54, 1.807) is 0 Å². The zero-order chi connectivity index (χ0) is 10.1. The molecular formula is C9H16O4. The van der Waals surface area contributed by atoms with E-state index >= 15 is 0 Å². The van der Waals surface area contributed by atoms with Crippen LogP contribution in [0, 0.1) is 0 Å². The second-order valence-corrected chi connectivity index (χ2v) is 2.38. The maximum Gasteiger partial charge on any atom is 0.365 e. The Hall–Kier alpha value is -0.870. The number of ether oxygens (including phenoxy) is 1. The summed E-state index contributed by atoms with van der Waals surface area (Å²) in [7, 11) is 0. The molecule has 76 valence electrons. The van der Waals surface area contributed by atoms with Gasteiger partial charge in [0.2, 0.25) is 6.29 Å². The molecule has 0 aromatic heterocycles. The Morgan fingerprint density at radius 3 is 2.69 bits per heavy atom. The molecule has 0 saturated heterocycles. The van der Waals surface area contributed by atoms with Crippen LogP contribution in [-0.2, 0) is 19.3 Å². The normalized spacial score (nSPS) is 12.2. The second-order valence-electron chi connectivity index (χ2n) is 2.38. The summed E-state index contributed by atoms with van der Waals surface area (Å²) in [6, 6.07) is 0. The minimum atomic E-state index is -0.610. The SMILES string of the molecule is C=CC(=O)OOC(CCC)OCC. The van der Waals surface area contributed by atoms with Gasteiger partial charge in [0.25, 0.3) is 0 Å². The molecule has 0 rings (SSSR count). The summed E-state index contributed by atoms with van der Waals surface area (Å²) in [5.41, 5.74) is 0. The van der Waals surface area contributed by atoms with Crippen molar-refractivity contribution in [3.05, 3.63) is 12.7 Å². The molecule has 13 heavy (non-hydrogen) atoms. The maximum absolute atomic E-state index is 10.6. The summed E-state index contributed by atoms with van der Waals surface area (Å²) in [5, 5.41) is 0. The second kappa shape index (κ2) is 7.76. The van der Waals surface area contributed by atoms with Crippen LogP contribution in [0.2, 0.25) is 0 Å². The molecule has 1 atom stereocenters. The quantitative estimate of drug-likeness (QED) is 0.264. The van der Waals surface area contributed by atoms with E-state index in [0.717, 1.165) is 12.5 Å². The van der Waals surface area contributed by atoms with Crippen LogP contribution >= 0.6 is 0 Å². The monoisotopic (exact) mass is 188 g/mol. The first-order valence-corrected chi connectivity index (χ1v) is 4.35. The number of rotatable bonds is 7. The predicted octanol–water partition coefficient (Wildman–Crippen LogP) is 1.81. The van der Waals surface area contributed by atoms with E-state index in [1.165, 1.54) is 0 Å². The molecule has 0 amide bonds. The molecule has 0 spiro atoms. The minimum absolute atomic E-state index is 0.473. The fourth-order valence-electron chi connectivity index (χ4n) is 0.716. The van der Waals surface area contributed by atoms with Crippen molar-refractivity contribution >= 4 is 5.97 Å². The van der Waals surface area contributed by atoms with Gasteiger partial charge in [-0.1, -0.05) is 19.9 Å². The number of hydrogen-bond donors (Lipinski definition) is 0. The Kier molecular flexibility index (Phi) is 7.24. The lowest BCUT2D eigenvalue weighted by molar-refractivity contribution is -0.349. The highest BCUT2D eigenvalue weighted by Gasteiger charge is 2.10. The lowest BCUT2D eigenvalue weighted by Crippen LogP contribution is -2.19. The van der Waals surface area contributed by atoms with Gasteiger partial charge in [0, 0.05) is 19.1 Å². The summed E-state index contributed by atoms with van der Waals surface area (Å²) in [6.07, 6.45) is 2.16. The van der Waals surface area contributed by atoms with Crippen molar-refractivity contribution in [2.75, 3.05) is 6.61 Å². The van der Waals surface area contributed by atoms with Crippen molar-refractivity contribution in [2.45, 2.75) is 33.0 Å². The van der Waals surface area contributed by atoms with Crippen molar-refractivity contribution in [2.24, 2.45) is 0 Å². The molecule has 1 unspecified atom stereocenters. The van der Waals surface area contributed by atoms with Gasteiger partial charge in [-0.3, -0.25) is 4.89 Å². The fraction of sp³-hybridized carbons (Fsp3) is 0.667. The summed E-state index contributed by atoms with van der Waals surface area (Å²) in [4.78, 5) is 19.7. The Bertz CT molecular complexity index is 150. The molecule has 0 aromatic carbocycles. The number of hydrogen-bond acceptors (Lipinski definition) is 4. The lowest BCUT2D eigenvalue weighted by atomic mass is 10.3. The standard InChI is InChI=1S/C9H16O4/c1-4-7-9(11-6-3)13-12-8(10)5-2/h5,9H,2,4,6-7H2,1,3H3. The molecule has 0 aliphatic heterocycles. The van der Waals surface area contributed by atoms with E-state index in [4.69, 9.17) is 9.62 Å². The first-order valence-electron chi connectivity index (χ1n) is 4.35. The molecule has 0 N–H and O–H groups in total. The molecular weight excluding hydrogens is 172 g/mol. The van der Waals surface area contributed by atoms with Gasteiger partial charge in [-0.25, -0.2) is 4.79 Å². The van der Waals surface area contributed by atoms with E-state index in [-0.39, 0.29) is 0 Å². The molecule has 0 aromatic rings. The number of carbonyl (C=O) groups excluding carboxylic acids is 1. The van der Waals surface area contributed by atoms with Crippen LogP contribution in [0.4, 0.5) is 0 Å². The van der Waals surface area contributed by atoms with Crippen LogP contribution in [0.3, 0.4) is 0 Å². The average molecular weight is 188 g/mol. The van der Waals surface area contributed by atoms with Crippen molar-refractivity contribution in [1.82, 2.24) is 0 Å². The van der Waals surface area contributed by atoms with Gasteiger partial charge in [0.05, 0.1) is 0 Å². The molecule has 0 radical (unpaired) electrons. The summed E-state index contributed by atoms with van der Waals surface area (Å²) in [5.74, 6) is -0.610. The molecule has 0 bridgehead atoms. The van der Waals surface area contributed by atoms with Gasteiger partial charge in [0.1, 0.15) is 0 Å². The van der Waals surface area contributed by atoms with Gasteiger partial charge in [0.15, 0.2) is 0 Å². The Balaban J connectivity index is 3.67. The van der Waals surface area contributed by atoms with Crippen LogP contribution in [0.25, 0.3) is 0 Å². The first-order chi connectivity index (χ1) is 6.24. The molecule has 4 heteroatoms. The van der Waals surface area contributed by atoms with E-state index in [9.17, 15) is 4.79 Å². The lowest BCUT2D eigenvalue weighted by Gasteiger charge is -2.13. The van der Waals surface area contributed by atoms with Gasteiger partial charge in [-0.15, -0.1) is 0 Å². The van der Waals surface area contributed by atoms with Crippen LogP contribution < -0.4 is 0 Å². The van der Waals surface area contributed by atoms with E-state index < -0.39 is 12.3 Å². The Morgan fingerprint density at radius 1 is 1.54 bits per heavy atom. The molecule has 0 saturated carbocycles. The van der Waals surface area contributed by atoms with E-state index in [2.05, 4.69) is 11.5 Å². The highest BCUT2D eigenvalue weighted by molar-refractivity contribution is 5.80. The minimum Gasteiger partial charge on any atom is -0.349 e. The van der Waals surface area contributed by atoms with Crippen LogP contribution in [-0.4, -0.2) is 18.9 Å². The molecule has 0 aliphatic rings. The van der Waals surface area contributed by atoms with E-state index in [1.807, 2.05) is 13.8 Å². The molecule has 0 heterocycles. The van der Waals surface area contributed by atoms with Crippen molar-refractivity contribution in [1.29, 1.82) is 0 Å². The van der Waals surface area contributed by atoms with Gasteiger partial charge in [-0.05, 0) is 6.92 Å². The predicted molar refractivity (Wildman–Crippen MR) is 47.7 cm³/mol. The Labute approximate surface area is 78.4 Å². The van der Waals surface area contributed by atoms with E-state index in [0.29, 0.717) is 13.0 Å². The summed E-state index contributed by atoms with van der Waals surface area (Å²) < 4.78 is 5.14. The average Bonchev–Trinajstić information content (AvgIpc) is 2.14. The van der Waals surface area contributed by atoms with Crippen molar-refractivity contribution in [3.63, 3.8) is 0 Å². The molecule has 0 aliphatic carbocycles. The molecule has 4 nitrogen and oxygen atoms in total. The maximum atomic E-state index is 10.6. The van der Waals surface area contributed by atoms with Gasteiger partial charge < -0.3 is 4.74 Å². The molecule has 0 fully saturated rings. The zero-order valence-corrected chi connectivity index (χ0v) is 8.12. The largest absolute Gasteiger partial charge is 0.365 e. The fourth-order valence-corrected chi connectivity index (χ4v) is 0.716. The van der Waals surface area contributed by atoms with Crippen LogP contribution in [0.1, 0.15) is 26.7 Å². The topological polar surface area (TPSA) is 44.8 Å². The van der Waals surface area contributed by atoms with Crippen LogP contribution in [0.15, 0.2) is 12.7 Å². The smallest absolute Gasteiger partial charge is 0.349 e. The highest BCUT2D eigenvalue weighted by atomic mass is 17.2. The first kappa shape index (κ1) is 12.1. The zero-order valence-electron chi connectivity index (χ0n) is 8.12. The third-order valence-corrected chi connectivity index (χ3v) is 1.28. The third-order valence-electron chi connectivity index (χ3n) is 1.28. The highest BCUT2D eigenvalue weighted by Crippen LogP contribution is 2.04. The summed E-state index contributed by atoms with van der Waals surface area (Å²) in [6.45, 7) is 7.60. The Morgan fingerprint density at radius 2 is 2.23 bits per heavy atom. The van der Waals surface area contributed by atoms with Crippen molar-refractivity contribution < 1.29 is 19.3 Å². The van der Waals surface area contributed by atoms with Crippen LogP contribution in [0.5, 0.6) is 0 Å².